The first kappa shape index (κ1) is 22.3. The molecule has 0 radical (unpaired) electrons. The summed E-state index contributed by atoms with van der Waals surface area (Å²) in [6.07, 6.45) is 7.38. The topological polar surface area (TPSA) is 16.1 Å². The molecule has 0 bridgehead atoms. The number of fused-ring (bicyclic) bond motifs is 1. The Hall–Kier alpha value is -2.45. The van der Waals surface area contributed by atoms with Crippen molar-refractivity contribution in [2.24, 2.45) is 5.92 Å². The van der Waals surface area contributed by atoms with Gasteiger partial charge in [0.15, 0.2) is 0 Å². The molecule has 2 aromatic carbocycles. The normalized spacial score (nSPS) is 18.7. The van der Waals surface area contributed by atoms with Gasteiger partial charge in [0.2, 0.25) is 0 Å². The summed E-state index contributed by atoms with van der Waals surface area (Å²) in [6, 6.07) is 18.8. The SMILES string of the molecule is CCc1cccc(CC)c1-c1cc(C)c(CN2CCc3ccccc3C2C2CCC2)c(C)n1. The van der Waals surface area contributed by atoms with Gasteiger partial charge in [-0.15, -0.1) is 0 Å². The van der Waals surface area contributed by atoms with Crippen LogP contribution in [-0.2, 0) is 25.8 Å². The zero-order valence-corrected chi connectivity index (χ0v) is 20.8. The second-order valence-electron chi connectivity index (χ2n) is 10.1. The standard InChI is InChI=1S/C31H38N2/c1-5-23-12-9-13-24(6-2)30(23)29-19-21(3)28(22(4)32-29)20-33-18-17-25-11-7-8-16-27(25)31(33)26-14-10-15-26/h7-9,11-13,16,19,26,31H,5-6,10,14-15,17-18,20H2,1-4H3. The molecular weight excluding hydrogens is 400 g/mol. The lowest BCUT2D eigenvalue weighted by molar-refractivity contribution is 0.0792. The van der Waals surface area contributed by atoms with E-state index >= 15 is 0 Å². The van der Waals surface area contributed by atoms with E-state index in [4.69, 9.17) is 4.98 Å². The van der Waals surface area contributed by atoms with Crippen LogP contribution >= 0.6 is 0 Å². The van der Waals surface area contributed by atoms with Gasteiger partial charge in [-0.3, -0.25) is 9.88 Å². The Morgan fingerprint density at radius 1 is 0.939 bits per heavy atom. The van der Waals surface area contributed by atoms with Crippen LogP contribution in [0.1, 0.15) is 78.2 Å². The molecule has 2 heteroatoms. The fourth-order valence-electron chi connectivity index (χ4n) is 6.14. The highest BCUT2D eigenvalue weighted by Gasteiger charge is 2.36. The quantitative estimate of drug-likeness (QED) is 0.399. The van der Waals surface area contributed by atoms with Crippen LogP contribution in [0.25, 0.3) is 11.3 Å². The largest absolute Gasteiger partial charge is 0.291 e. The van der Waals surface area contributed by atoms with Crippen molar-refractivity contribution >= 4 is 0 Å². The summed E-state index contributed by atoms with van der Waals surface area (Å²) in [4.78, 5) is 7.97. The Labute approximate surface area is 200 Å². The zero-order chi connectivity index (χ0) is 22.9. The number of pyridine rings is 1. The van der Waals surface area contributed by atoms with Gasteiger partial charge in [0.1, 0.15) is 0 Å². The van der Waals surface area contributed by atoms with Gasteiger partial charge in [-0.25, -0.2) is 0 Å². The molecule has 0 spiro atoms. The second kappa shape index (κ2) is 9.43. The van der Waals surface area contributed by atoms with Crippen molar-refractivity contribution in [3.63, 3.8) is 0 Å². The first-order valence-corrected chi connectivity index (χ1v) is 13.0. The van der Waals surface area contributed by atoms with Gasteiger partial charge >= 0.3 is 0 Å². The number of benzene rings is 2. The maximum absolute atomic E-state index is 5.21. The average Bonchev–Trinajstić information content (AvgIpc) is 2.80. The minimum atomic E-state index is 0.565. The van der Waals surface area contributed by atoms with Crippen molar-refractivity contribution in [3.8, 4) is 11.3 Å². The minimum absolute atomic E-state index is 0.565. The van der Waals surface area contributed by atoms with E-state index in [1.165, 1.54) is 52.8 Å². The predicted octanol–water partition coefficient (Wildman–Crippen LogP) is 7.39. The first-order valence-electron chi connectivity index (χ1n) is 13.0. The highest BCUT2D eigenvalue weighted by Crippen LogP contribution is 2.45. The van der Waals surface area contributed by atoms with Gasteiger partial charge in [-0.05, 0) is 91.3 Å². The number of aryl methyl sites for hydroxylation is 4. The minimum Gasteiger partial charge on any atom is -0.291 e. The van der Waals surface area contributed by atoms with E-state index in [0.29, 0.717) is 6.04 Å². The lowest BCUT2D eigenvalue weighted by atomic mass is 9.73. The van der Waals surface area contributed by atoms with Crippen molar-refractivity contribution in [1.82, 2.24) is 9.88 Å². The molecule has 1 fully saturated rings. The van der Waals surface area contributed by atoms with Crippen molar-refractivity contribution in [2.75, 3.05) is 6.54 Å². The van der Waals surface area contributed by atoms with E-state index in [2.05, 4.69) is 81.1 Å². The maximum atomic E-state index is 5.21. The first-order chi connectivity index (χ1) is 16.1. The van der Waals surface area contributed by atoms with Crippen LogP contribution in [0.4, 0.5) is 0 Å². The molecule has 0 N–H and O–H groups in total. The van der Waals surface area contributed by atoms with Gasteiger partial charge in [-0.2, -0.15) is 0 Å². The number of hydrogen-bond donors (Lipinski definition) is 0. The second-order valence-corrected chi connectivity index (χ2v) is 10.1. The van der Waals surface area contributed by atoms with Crippen LogP contribution in [0.5, 0.6) is 0 Å². The highest BCUT2D eigenvalue weighted by atomic mass is 15.2. The number of aromatic nitrogens is 1. The molecule has 5 rings (SSSR count). The molecule has 1 aliphatic carbocycles. The van der Waals surface area contributed by atoms with Crippen LogP contribution < -0.4 is 0 Å². The smallest absolute Gasteiger partial charge is 0.0713 e. The van der Waals surface area contributed by atoms with E-state index in [9.17, 15) is 0 Å². The van der Waals surface area contributed by atoms with Gasteiger partial charge in [0.25, 0.3) is 0 Å². The van der Waals surface area contributed by atoms with Gasteiger partial charge in [0, 0.05) is 30.4 Å². The van der Waals surface area contributed by atoms with Crippen LogP contribution in [-0.4, -0.2) is 16.4 Å². The summed E-state index contributed by atoms with van der Waals surface area (Å²) in [7, 11) is 0. The van der Waals surface area contributed by atoms with Crippen molar-refractivity contribution in [3.05, 3.63) is 87.6 Å². The van der Waals surface area contributed by atoms with E-state index in [1.54, 1.807) is 11.1 Å². The maximum Gasteiger partial charge on any atom is 0.0713 e. The lowest BCUT2D eigenvalue weighted by Crippen LogP contribution is -2.41. The van der Waals surface area contributed by atoms with E-state index in [0.717, 1.165) is 44.0 Å². The molecular formula is C31H38N2. The lowest BCUT2D eigenvalue weighted by Gasteiger charge is -2.45. The summed E-state index contributed by atoms with van der Waals surface area (Å²) in [5.74, 6) is 0.808. The van der Waals surface area contributed by atoms with Crippen molar-refractivity contribution in [2.45, 2.75) is 78.8 Å². The Balaban J connectivity index is 1.49. The third-order valence-corrected chi connectivity index (χ3v) is 8.20. The molecule has 172 valence electrons. The average molecular weight is 439 g/mol. The molecule has 1 unspecified atom stereocenters. The highest BCUT2D eigenvalue weighted by molar-refractivity contribution is 5.69. The predicted molar refractivity (Wildman–Crippen MR) is 139 cm³/mol. The summed E-state index contributed by atoms with van der Waals surface area (Å²) in [5.41, 5.74) is 12.5. The monoisotopic (exact) mass is 438 g/mol. The molecule has 2 aliphatic rings. The fourth-order valence-corrected chi connectivity index (χ4v) is 6.14. The summed E-state index contributed by atoms with van der Waals surface area (Å²) in [6.45, 7) is 11.2. The summed E-state index contributed by atoms with van der Waals surface area (Å²) >= 11 is 0. The van der Waals surface area contributed by atoms with E-state index in [-0.39, 0.29) is 0 Å². The van der Waals surface area contributed by atoms with E-state index < -0.39 is 0 Å². The molecule has 2 heterocycles. The van der Waals surface area contributed by atoms with Crippen LogP contribution in [0.3, 0.4) is 0 Å². The molecule has 1 saturated carbocycles. The van der Waals surface area contributed by atoms with Gasteiger partial charge in [-0.1, -0.05) is 62.7 Å². The van der Waals surface area contributed by atoms with Crippen molar-refractivity contribution in [1.29, 1.82) is 0 Å². The molecule has 1 aliphatic heterocycles. The molecule has 1 atom stereocenters. The fraction of sp³-hybridized carbons (Fsp3) is 0.452. The Morgan fingerprint density at radius 3 is 2.30 bits per heavy atom. The number of rotatable bonds is 6. The molecule has 1 aromatic heterocycles. The Kier molecular flexibility index (Phi) is 6.38. The van der Waals surface area contributed by atoms with E-state index in [1.807, 2.05) is 0 Å². The molecule has 0 amide bonds. The van der Waals surface area contributed by atoms with Gasteiger partial charge < -0.3 is 0 Å². The van der Waals surface area contributed by atoms with Crippen LogP contribution in [0.15, 0.2) is 48.5 Å². The summed E-state index contributed by atoms with van der Waals surface area (Å²) in [5, 5.41) is 0. The molecule has 2 nitrogen and oxygen atoms in total. The van der Waals surface area contributed by atoms with Crippen LogP contribution in [0, 0.1) is 19.8 Å². The molecule has 0 saturated heterocycles. The molecule has 3 aromatic rings. The van der Waals surface area contributed by atoms with Crippen molar-refractivity contribution < 1.29 is 0 Å². The Bertz CT molecular complexity index is 1100. The Morgan fingerprint density at radius 2 is 1.67 bits per heavy atom. The third-order valence-electron chi connectivity index (χ3n) is 8.20. The number of nitrogens with zero attached hydrogens (tertiary/aromatic N) is 2. The summed E-state index contributed by atoms with van der Waals surface area (Å²) < 4.78 is 0. The number of hydrogen-bond acceptors (Lipinski definition) is 2. The molecule has 33 heavy (non-hydrogen) atoms. The third kappa shape index (κ3) is 4.15. The van der Waals surface area contributed by atoms with Crippen LogP contribution in [0.2, 0.25) is 0 Å². The zero-order valence-electron chi connectivity index (χ0n) is 20.8. The van der Waals surface area contributed by atoms with Gasteiger partial charge in [0.05, 0.1) is 5.69 Å².